The first-order chi connectivity index (χ1) is 8.83. The van der Waals surface area contributed by atoms with Crippen LogP contribution in [0.25, 0.3) is 5.65 Å². The molecule has 18 heavy (non-hydrogen) atoms. The van der Waals surface area contributed by atoms with Crippen LogP contribution < -0.4 is 0 Å². The van der Waals surface area contributed by atoms with Crippen molar-refractivity contribution in [3.63, 3.8) is 0 Å². The highest BCUT2D eigenvalue weighted by Crippen LogP contribution is 2.08. The average Bonchev–Trinajstić information content (AvgIpc) is 2.79. The van der Waals surface area contributed by atoms with Gasteiger partial charge in [-0.3, -0.25) is 0 Å². The molecule has 2 aromatic heterocycles. The third-order valence-electron chi connectivity index (χ3n) is 3.02. The summed E-state index contributed by atoms with van der Waals surface area (Å²) in [7, 11) is 0. The van der Waals surface area contributed by atoms with Crippen molar-refractivity contribution in [2.75, 3.05) is 0 Å². The van der Waals surface area contributed by atoms with Gasteiger partial charge in [-0.1, -0.05) is 30.3 Å². The third kappa shape index (κ3) is 2.09. The Morgan fingerprint density at radius 1 is 1.00 bits per heavy atom. The second-order valence-electron chi connectivity index (χ2n) is 4.37. The molecule has 0 radical (unpaired) electrons. The molecule has 0 bridgehead atoms. The minimum atomic E-state index is 0.818. The fourth-order valence-electron chi connectivity index (χ4n) is 2.01. The molecule has 0 aliphatic rings. The molecule has 0 aliphatic heterocycles. The topological polar surface area (TPSA) is 43.1 Å². The Kier molecular flexibility index (Phi) is 2.76. The minimum Gasteiger partial charge on any atom is -0.198 e. The van der Waals surface area contributed by atoms with Gasteiger partial charge in [-0.05, 0) is 37.0 Å². The van der Waals surface area contributed by atoms with E-state index in [4.69, 9.17) is 0 Å². The quantitative estimate of drug-likeness (QED) is 0.702. The number of hydrogen-bond donors (Lipinski definition) is 0. The monoisotopic (exact) mass is 238 g/mol. The highest BCUT2D eigenvalue weighted by Gasteiger charge is 2.03. The summed E-state index contributed by atoms with van der Waals surface area (Å²) in [5.74, 6) is 0.819. The van der Waals surface area contributed by atoms with Crippen molar-refractivity contribution in [1.29, 1.82) is 0 Å². The molecule has 1 aromatic carbocycles. The van der Waals surface area contributed by atoms with Crippen LogP contribution in [0, 0.1) is 6.92 Å². The molecule has 0 saturated heterocycles. The molecule has 0 saturated carbocycles. The lowest BCUT2D eigenvalue weighted by Crippen LogP contribution is -1.98. The van der Waals surface area contributed by atoms with Gasteiger partial charge in [0.1, 0.15) is 0 Å². The molecule has 4 heteroatoms. The Labute approximate surface area is 105 Å². The SMILES string of the molecule is Cc1nnc2cc(CCc3ccccc3)cnn12. The fourth-order valence-corrected chi connectivity index (χ4v) is 2.01. The van der Waals surface area contributed by atoms with E-state index in [9.17, 15) is 0 Å². The standard InChI is InChI=1S/C14H14N4/c1-11-16-17-14-9-13(10-15-18(11)14)8-7-12-5-3-2-4-6-12/h2-6,9-10H,7-8H2,1H3. The highest BCUT2D eigenvalue weighted by molar-refractivity contribution is 5.38. The van der Waals surface area contributed by atoms with Crippen molar-refractivity contribution in [3.05, 3.63) is 59.5 Å². The minimum absolute atomic E-state index is 0.818. The van der Waals surface area contributed by atoms with E-state index in [-0.39, 0.29) is 0 Å². The first-order valence-corrected chi connectivity index (χ1v) is 6.04. The Bertz CT molecular complexity index is 658. The Morgan fingerprint density at radius 3 is 2.61 bits per heavy atom. The second kappa shape index (κ2) is 4.56. The highest BCUT2D eigenvalue weighted by atomic mass is 15.4. The van der Waals surface area contributed by atoms with E-state index >= 15 is 0 Å². The molecule has 0 aliphatic carbocycles. The van der Waals surface area contributed by atoms with Crippen molar-refractivity contribution < 1.29 is 0 Å². The molecule has 3 rings (SSSR count). The molecular weight excluding hydrogens is 224 g/mol. The fraction of sp³-hybridized carbons (Fsp3) is 0.214. The van der Waals surface area contributed by atoms with Gasteiger partial charge in [-0.15, -0.1) is 10.2 Å². The van der Waals surface area contributed by atoms with E-state index in [1.807, 2.05) is 19.2 Å². The van der Waals surface area contributed by atoms with E-state index in [1.54, 1.807) is 4.52 Å². The van der Waals surface area contributed by atoms with Gasteiger partial charge in [0, 0.05) is 0 Å². The Balaban J connectivity index is 1.79. The van der Waals surface area contributed by atoms with Crippen LogP contribution in [0.1, 0.15) is 17.0 Å². The van der Waals surface area contributed by atoms with Crippen molar-refractivity contribution in [1.82, 2.24) is 19.8 Å². The number of benzene rings is 1. The van der Waals surface area contributed by atoms with E-state index < -0.39 is 0 Å². The molecule has 0 spiro atoms. The van der Waals surface area contributed by atoms with E-state index in [0.29, 0.717) is 0 Å². The normalized spacial score (nSPS) is 10.9. The Morgan fingerprint density at radius 2 is 1.78 bits per heavy atom. The van der Waals surface area contributed by atoms with Crippen molar-refractivity contribution >= 4 is 5.65 Å². The molecule has 0 amide bonds. The predicted molar refractivity (Wildman–Crippen MR) is 69.4 cm³/mol. The van der Waals surface area contributed by atoms with E-state index in [2.05, 4.69) is 45.6 Å². The summed E-state index contributed by atoms with van der Waals surface area (Å²) in [5, 5.41) is 12.4. The summed E-state index contributed by atoms with van der Waals surface area (Å²) in [6.07, 6.45) is 3.89. The number of rotatable bonds is 3. The van der Waals surface area contributed by atoms with Gasteiger partial charge < -0.3 is 0 Å². The van der Waals surface area contributed by atoms with Crippen LogP contribution in [0.15, 0.2) is 42.6 Å². The molecule has 3 aromatic rings. The van der Waals surface area contributed by atoms with Crippen molar-refractivity contribution in [2.24, 2.45) is 0 Å². The maximum atomic E-state index is 4.34. The average molecular weight is 238 g/mol. The van der Waals surface area contributed by atoms with Crippen LogP contribution in [0.2, 0.25) is 0 Å². The number of fused-ring (bicyclic) bond motifs is 1. The first-order valence-electron chi connectivity index (χ1n) is 6.04. The molecule has 0 atom stereocenters. The maximum Gasteiger partial charge on any atom is 0.178 e. The maximum absolute atomic E-state index is 4.34. The molecule has 0 N–H and O–H groups in total. The van der Waals surface area contributed by atoms with Crippen molar-refractivity contribution in [2.45, 2.75) is 19.8 Å². The predicted octanol–water partition coefficient (Wildman–Crippen LogP) is 2.22. The third-order valence-corrected chi connectivity index (χ3v) is 3.02. The van der Waals surface area contributed by atoms with Crippen LogP contribution in [-0.2, 0) is 12.8 Å². The summed E-state index contributed by atoms with van der Waals surface area (Å²) in [4.78, 5) is 0. The smallest absolute Gasteiger partial charge is 0.178 e. The van der Waals surface area contributed by atoms with Crippen LogP contribution in [-0.4, -0.2) is 19.8 Å². The first kappa shape index (κ1) is 10.9. The zero-order valence-electron chi connectivity index (χ0n) is 10.2. The van der Waals surface area contributed by atoms with Crippen LogP contribution >= 0.6 is 0 Å². The lowest BCUT2D eigenvalue weighted by molar-refractivity contribution is 0.851. The van der Waals surface area contributed by atoms with Crippen LogP contribution in [0.5, 0.6) is 0 Å². The summed E-state index contributed by atoms with van der Waals surface area (Å²) >= 11 is 0. The van der Waals surface area contributed by atoms with Gasteiger partial charge in [0.2, 0.25) is 0 Å². The Hall–Kier alpha value is -2.23. The van der Waals surface area contributed by atoms with Crippen molar-refractivity contribution in [3.8, 4) is 0 Å². The molecule has 0 fully saturated rings. The van der Waals surface area contributed by atoms with Gasteiger partial charge in [-0.25, -0.2) is 0 Å². The van der Waals surface area contributed by atoms with Gasteiger partial charge in [-0.2, -0.15) is 9.61 Å². The molecule has 90 valence electrons. The number of aromatic nitrogens is 4. The zero-order chi connectivity index (χ0) is 12.4. The summed E-state index contributed by atoms with van der Waals surface area (Å²) in [6, 6.07) is 12.5. The molecule has 2 heterocycles. The van der Waals surface area contributed by atoms with E-state index in [1.165, 1.54) is 11.1 Å². The summed E-state index contributed by atoms with van der Waals surface area (Å²) in [6.45, 7) is 1.90. The van der Waals surface area contributed by atoms with Gasteiger partial charge in [0.15, 0.2) is 11.5 Å². The van der Waals surface area contributed by atoms with Gasteiger partial charge in [0.05, 0.1) is 6.20 Å². The van der Waals surface area contributed by atoms with Gasteiger partial charge >= 0.3 is 0 Å². The number of aryl methyl sites for hydroxylation is 3. The largest absolute Gasteiger partial charge is 0.198 e. The lowest BCUT2D eigenvalue weighted by Gasteiger charge is -2.02. The molecular formula is C14H14N4. The molecule has 4 nitrogen and oxygen atoms in total. The van der Waals surface area contributed by atoms with Crippen LogP contribution in [0.4, 0.5) is 0 Å². The summed E-state index contributed by atoms with van der Waals surface area (Å²) < 4.78 is 1.76. The number of nitrogens with zero attached hydrogens (tertiary/aromatic N) is 4. The lowest BCUT2D eigenvalue weighted by atomic mass is 10.1. The zero-order valence-corrected chi connectivity index (χ0v) is 10.2. The summed E-state index contributed by atoms with van der Waals surface area (Å²) in [5.41, 5.74) is 3.35. The second-order valence-corrected chi connectivity index (χ2v) is 4.37. The number of hydrogen-bond acceptors (Lipinski definition) is 3. The molecule has 0 unspecified atom stereocenters. The van der Waals surface area contributed by atoms with E-state index in [0.717, 1.165) is 24.3 Å². The van der Waals surface area contributed by atoms with Gasteiger partial charge in [0.25, 0.3) is 0 Å². The van der Waals surface area contributed by atoms with Crippen LogP contribution in [0.3, 0.4) is 0 Å².